The Bertz CT molecular complexity index is 541. The van der Waals surface area contributed by atoms with Crippen molar-refractivity contribution in [2.75, 3.05) is 0 Å². The van der Waals surface area contributed by atoms with Crippen LogP contribution in [0.15, 0.2) is 15.7 Å². The lowest BCUT2D eigenvalue weighted by Crippen LogP contribution is -2.42. The van der Waals surface area contributed by atoms with Crippen molar-refractivity contribution in [2.45, 2.75) is 19.5 Å². The summed E-state index contributed by atoms with van der Waals surface area (Å²) in [6, 6.07) is 0.682. The van der Waals surface area contributed by atoms with Gasteiger partial charge in [-0.05, 0) is 6.92 Å². The van der Waals surface area contributed by atoms with E-state index in [1.165, 1.54) is 24.7 Å². The number of hydrogen-bond donors (Lipinski definition) is 2. The summed E-state index contributed by atoms with van der Waals surface area (Å²) in [5, 5.41) is 2.54. The third kappa shape index (κ3) is 2.82. The Hall–Kier alpha value is -1.89. The van der Waals surface area contributed by atoms with Gasteiger partial charge in [-0.25, -0.2) is 4.79 Å². The van der Waals surface area contributed by atoms with Crippen LogP contribution in [0.1, 0.15) is 12.6 Å². The van der Waals surface area contributed by atoms with Crippen molar-refractivity contribution < 1.29 is 4.79 Å². The summed E-state index contributed by atoms with van der Waals surface area (Å²) < 4.78 is 2.31. The Morgan fingerprint density at radius 3 is 2.53 bits per heavy atom. The zero-order chi connectivity index (χ0) is 13.2. The third-order valence-corrected chi connectivity index (χ3v) is 2.48. The number of amides is 1. The molecule has 0 saturated heterocycles. The summed E-state index contributed by atoms with van der Waals surface area (Å²) in [5.74, 6) is -0.335. The summed E-state index contributed by atoms with van der Waals surface area (Å²) in [7, 11) is 2.93. The van der Waals surface area contributed by atoms with E-state index in [1.807, 2.05) is 0 Å². The highest BCUT2D eigenvalue weighted by Crippen LogP contribution is 1.90. The maximum Gasteiger partial charge on any atom is 0.330 e. The first-order valence-electron chi connectivity index (χ1n) is 5.14. The van der Waals surface area contributed by atoms with E-state index >= 15 is 0 Å². The summed E-state index contributed by atoms with van der Waals surface area (Å²) >= 11 is 0. The first-order chi connectivity index (χ1) is 7.84. The fourth-order valence-electron chi connectivity index (χ4n) is 1.29. The molecule has 1 amide bonds. The monoisotopic (exact) mass is 240 g/mol. The van der Waals surface area contributed by atoms with Crippen molar-refractivity contribution in [3.8, 4) is 0 Å². The van der Waals surface area contributed by atoms with Crippen LogP contribution in [0.4, 0.5) is 0 Å². The molecule has 0 radical (unpaired) electrons. The quantitative estimate of drug-likeness (QED) is 0.641. The van der Waals surface area contributed by atoms with Crippen molar-refractivity contribution in [3.05, 3.63) is 32.6 Å². The zero-order valence-corrected chi connectivity index (χ0v) is 10.1. The number of carbonyl (C=O) groups is 1. The smallest absolute Gasteiger partial charge is 0.330 e. The van der Waals surface area contributed by atoms with Crippen LogP contribution < -0.4 is 22.3 Å². The summed E-state index contributed by atoms with van der Waals surface area (Å²) in [4.78, 5) is 34.2. The minimum Gasteiger partial charge on any atom is -0.349 e. The van der Waals surface area contributed by atoms with Crippen molar-refractivity contribution >= 4 is 5.91 Å². The van der Waals surface area contributed by atoms with E-state index in [4.69, 9.17) is 5.73 Å². The normalized spacial score (nSPS) is 12.2. The van der Waals surface area contributed by atoms with E-state index in [0.29, 0.717) is 5.69 Å². The highest BCUT2D eigenvalue weighted by molar-refractivity contribution is 5.80. The van der Waals surface area contributed by atoms with Crippen LogP contribution in [0.2, 0.25) is 0 Å². The predicted octanol–water partition coefficient (Wildman–Crippen LogP) is -1.95. The first kappa shape index (κ1) is 13.2. The lowest BCUT2D eigenvalue weighted by Gasteiger charge is -2.11. The van der Waals surface area contributed by atoms with Gasteiger partial charge in [0.25, 0.3) is 5.56 Å². The van der Waals surface area contributed by atoms with Crippen LogP contribution >= 0.6 is 0 Å². The van der Waals surface area contributed by atoms with Crippen molar-refractivity contribution in [2.24, 2.45) is 19.8 Å². The van der Waals surface area contributed by atoms with E-state index in [2.05, 4.69) is 5.32 Å². The van der Waals surface area contributed by atoms with E-state index in [1.54, 1.807) is 6.92 Å². The maximum atomic E-state index is 11.6. The third-order valence-electron chi connectivity index (χ3n) is 2.48. The molecule has 3 N–H and O–H groups in total. The van der Waals surface area contributed by atoms with Gasteiger partial charge in [0, 0.05) is 25.9 Å². The SMILES string of the molecule is CC(N)C(=O)NCc1cc(=O)n(C)c(=O)n1C. The first-order valence-corrected chi connectivity index (χ1v) is 5.14. The molecule has 1 atom stereocenters. The molecule has 1 aromatic rings. The van der Waals surface area contributed by atoms with E-state index in [-0.39, 0.29) is 12.5 Å². The molecule has 0 aliphatic heterocycles. The van der Waals surface area contributed by atoms with Crippen molar-refractivity contribution in [1.29, 1.82) is 0 Å². The molecule has 7 heteroatoms. The van der Waals surface area contributed by atoms with Crippen molar-refractivity contribution in [3.63, 3.8) is 0 Å². The molecule has 0 fully saturated rings. The molecule has 17 heavy (non-hydrogen) atoms. The average molecular weight is 240 g/mol. The lowest BCUT2D eigenvalue weighted by atomic mass is 10.3. The molecule has 0 bridgehead atoms. The second-order valence-corrected chi connectivity index (χ2v) is 3.88. The Morgan fingerprint density at radius 2 is 2.00 bits per heavy atom. The number of carbonyl (C=O) groups excluding carboxylic acids is 1. The van der Waals surface area contributed by atoms with E-state index in [0.717, 1.165) is 4.57 Å². The minimum absolute atomic E-state index is 0.0994. The molecular weight excluding hydrogens is 224 g/mol. The molecule has 1 rings (SSSR count). The molecule has 0 spiro atoms. The van der Waals surface area contributed by atoms with Crippen LogP contribution in [-0.4, -0.2) is 21.1 Å². The summed E-state index contributed by atoms with van der Waals surface area (Å²) in [5.41, 5.74) is 4.98. The van der Waals surface area contributed by atoms with Gasteiger partial charge in [0.1, 0.15) is 0 Å². The van der Waals surface area contributed by atoms with Gasteiger partial charge in [-0.1, -0.05) is 0 Å². The second-order valence-electron chi connectivity index (χ2n) is 3.88. The molecule has 1 aromatic heterocycles. The van der Waals surface area contributed by atoms with Crippen LogP contribution in [0.3, 0.4) is 0 Å². The summed E-state index contributed by atoms with van der Waals surface area (Å²) in [6.07, 6.45) is 0. The Labute approximate surface area is 97.9 Å². The zero-order valence-electron chi connectivity index (χ0n) is 10.1. The number of rotatable bonds is 3. The largest absolute Gasteiger partial charge is 0.349 e. The molecule has 94 valence electrons. The van der Waals surface area contributed by atoms with Crippen LogP contribution in [-0.2, 0) is 25.4 Å². The molecule has 0 saturated carbocycles. The minimum atomic E-state index is -0.626. The number of nitrogens with two attached hydrogens (primary N) is 1. The number of nitrogens with zero attached hydrogens (tertiary/aromatic N) is 2. The highest BCUT2D eigenvalue weighted by atomic mass is 16.2. The lowest BCUT2D eigenvalue weighted by molar-refractivity contribution is -0.122. The molecule has 0 aliphatic rings. The van der Waals surface area contributed by atoms with Gasteiger partial charge in [-0.15, -0.1) is 0 Å². The van der Waals surface area contributed by atoms with Crippen LogP contribution in [0, 0.1) is 0 Å². The topological polar surface area (TPSA) is 99.1 Å². The molecule has 7 nitrogen and oxygen atoms in total. The average Bonchev–Trinajstić information content (AvgIpc) is 2.28. The van der Waals surface area contributed by atoms with Gasteiger partial charge < -0.3 is 11.1 Å². The van der Waals surface area contributed by atoms with Crippen molar-refractivity contribution in [1.82, 2.24) is 14.5 Å². The fourth-order valence-corrected chi connectivity index (χ4v) is 1.29. The Balaban J connectivity index is 2.98. The Kier molecular flexibility index (Phi) is 3.84. The summed E-state index contributed by atoms with van der Waals surface area (Å²) in [6.45, 7) is 1.65. The highest BCUT2D eigenvalue weighted by Gasteiger charge is 2.09. The van der Waals surface area contributed by atoms with Gasteiger partial charge in [0.2, 0.25) is 5.91 Å². The molecular formula is C10H16N4O3. The van der Waals surface area contributed by atoms with Crippen LogP contribution in [0.25, 0.3) is 0 Å². The van der Waals surface area contributed by atoms with E-state index < -0.39 is 17.3 Å². The maximum absolute atomic E-state index is 11.6. The molecule has 0 aliphatic carbocycles. The predicted molar refractivity (Wildman–Crippen MR) is 62.4 cm³/mol. The number of hydrogen-bond acceptors (Lipinski definition) is 4. The van der Waals surface area contributed by atoms with Gasteiger partial charge >= 0.3 is 5.69 Å². The van der Waals surface area contributed by atoms with Gasteiger partial charge in [0.05, 0.1) is 12.6 Å². The van der Waals surface area contributed by atoms with E-state index in [9.17, 15) is 14.4 Å². The van der Waals surface area contributed by atoms with Crippen LogP contribution in [0.5, 0.6) is 0 Å². The standard InChI is InChI=1S/C10H16N4O3/c1-6(11)9(16)12-5-7-4-8(15)14(3)10(17)13(7)2/h4,6H,5,11H2,1-3H3,(H,12,16). The van der Waals surface area contributed by atoms with Gasteiger partial charge in [-0.2, -0.15) is 0 Å². The number of nitrogens with one attached hydrogen (secondary N) is 1. The number of aromatic nitrogens is 2. The van der Waals surface area contributed by atoms with Gasteiger partial charge in [0.15, 0.2) is 0 Å². The molecule has 0 aromatic carbocycles. The Morgan fingerprint density at radius 1 is 1.41 bits per heavy atom. The second kappa shape index (κ2) is 4.96. The molecule has 1 unspecified atom stereocenters. The van der Waals surface area contributed by atoms with Gasteiger partial charge in [-0.3, -0.25) is 18.7 Å². The molecule has 1 heterocycles. The fraction of sp³-hybridized carbons (Fsp3) is 0.500.